The number of nitrogens with one attached hydrogen (secondary N) is 1. The van der Waals surface area contributed by atoms with Crippen molar-refractivity contribution in [3.05, 3.63) is 23.9 Å². The fraction of sp³-hybridized carbons (Fsp3) is 0.647. The maximum atomic E-state index is 12.6. The van der Waals surface area contributed by atoms with Gasteiger partial charge in [0.1, 0.15) is 5.82 Å². The summed E-state index contributed by atoms with van der Waals surface area (Å²) in [7, 11) is 3.83. The Kier molecular flexibility index (Phi) is 3.87. The number of fused-ring (bicyclic) bond motifs is 2. The number of hydrogen-bond donors (Lipinski definition) is 1. The van der Waals surface area contributed by atoms with E-state index in [0.29, 0.717) is 11.5 Å². The van der Waals surface area contributed by atoms with Gasteiger partial charge in [0.2, 0.25) is 0 Å². The van der Waals surface area contributed by atoms with E-state index in [1.165, 1.54) is 25.7 Å². The molecule has 4 atom stereocenters. The largest absolute Gasteiger partial charge is 0.362 e. The smallest absolute Gasteiger partial charge is 0.255 e. The summed E-state index contributed by atoms with van der Waals surface area (Å²) in [5.41, 5.74) is 0.664. The predicted molar refractivity (Wildman–Crippen MR) is 84.4 cm³/mol. The zero-order chi connectivity index (χ0) is 15.0. The highest BCUT2D eigenvalue weighted by atomic mass is 16.1. The topological polar surface area (TPSA) is 45.2 Å². The van der Waals surface area contributed by atoms with Crippen molar-refractivity contribution in [2.75, 3.05) is 19.0 Å². The molecule has 2 saturated carbocycles. The second-order valence-electron chi connectivity index (χ2n) is 6.87. The summed E-state index contributed by atoms with van der Waals surface area (Å²) in [6, 6.07) is 3.93. The first-order valence-corrected chi connectivity index (χ1v) is 7.99. The molecule has 0 aromatic carbocycles. The van der Waals surface area contributed by atoms with Gasteiger partial charge in [-0.1, -0.05) is 6.42 Å². The van der Waals surface area contributed by atoms with E-state index < -0.39 is 0 Å². The van der Waals surface area contributed by atoms with Crippen molar-refractivity contribution in [3.63, 3.8) is 0 Å². The molecule has 0 saturated heterocycles. The molecule has 0 spiro atoms. The van der Waals surface area contributed by atoms with Gasteiger partial charge >= 0.3 is 0 Å². The van der Waals surface area contributed by atoms with Crippen LogP contribution in [0.3, 0.4) is 0 Å². The van der Waals surface area contributed by atoms with Crippen LogP contribution in [0.15, 0.2) is 18.3 Å². The van der Waals surface area contributed by atoms with E-state index in [4.69, 9.17) is 0 Å². The average molecular weight is 287 g/mol. The van der Waals surface area contributed by atoms with Gasteiger partial charge in [-0.25, -0.2) is 4.98 Å². The van der Waals surface area contributed by atoms with Crippen LogP contribution in [0.1, 0.15) is 43.0 Å². The quantitative estimate of drug-likeness (QED) is 0.926. The average Bonchev–Trinajstić information content (AvgIpc) is 3.09. The van der Waals surface area contributed by atoms with E-state index >= 15 is 0 Å². The van der Waals surface area contributed by atoms with E-state index in [2.05, 4.69) is 17.2 Å². The van der Waals surface area contributed by atoms with Crippen LogP contribution in [0.25, 0.3) is 0 Å². The third-order valence-electron chi connectivity index (χ3n) is 5.25. The zero-order valence-electron chi connectivity index (χ0n) is 13.2. The number of anilines is 1. The SMILES string of the molecule is CC(NC(=O)c1cccnc1N(C)C)C1CC2CCC1C2. The molecule has 2 aliphatic carbocycles. The molecule has 4 heteroatoms. The van der Waals surface area contributed by atoms with E-state index in [1.54, 1.807) is 6.20 Å². The summed E-state index contributed by atoms with van der Waals surface area (Å²) in [5.74, 6) is 3.13. The van der Waals surface area contributed by atoms with Crippen LogP contribution in [0.5, 0.6) is 0 Å². The van der Waals surface area contributed by atoms with Crippen LogP contribution < -0.4 is 10.2 Å². The van der Waals surface area contributed by atoms with Crippen molar-refractivity contribution >= 4 is 11.7 Å². The van der Waals surface area contributed by atoms with E-state index in [1.807, 2.05) is 31.1 Å². The lowest BCUT2D eigenvalue weighted by Crippen LogP contribution is -2.40. The Labute approximate surface area is 126 Å². The Morgan fingerprint density at radius 3 is 2.81 bits per heavy atom. The molecule has 114 valence electrons. The highest BCUT2D eigenvalue weighted by molar-refractivity contribution is 5.99. The van der Waals surface area contributed by atoms with E-state index in [9.17, 15) is 4.79 Å². The van der Waals surface area contributed by atoms with Gasteiger partial charge in [0.25, 0.3) is 5.91 Å². The molecule has 0 radical (unpaired) electrons. The number of amides is 1. The van der Waals surface area contributed by atoms with Crippen molar-refractivity contribution in [1.82, 2.24) is 10.3 Å². The lowest BCUT2D eigenvalue weighted by molar-refractivity contribution is 0.0915. The number of rotatable bonds is 4. The van der Waals surface area contributed by atoms with Crippen molar-refractivity contribution in [1.29, 1.82) is 0 Å². The second-order valence-corrected chi connectivity index (χ2v) is 6.87. The summed E-state index contributed by atoms with van der Waals surface area (Å²) in [6.45, 7) is 2.16. The summed E-state index contributed by atoms with van der Waals surface area (Å²) in [6.07, 6.45) is 7.15. The molecule has 2 aliphatic rings. The van der Waals surface area contributed by atoms with Crippen LogP contribution in [-0.4, -0.2) is 31.0 Å². The summed E-state index contributed by atoms with van der Waals surface area (Å²) in [4.78, 5) is 18.8. The first-order chi connectivity index (χ1) is 10.1. The Hall–Kier alpha value is -1.58. The number of carbonyl (C=O) groups excluding carboxylic acids is 1. The molecule has 1 amide bonds. The third kappa shape index (κ3) is 2.76. The lowest BCUT2D eigenvalue weighted by atomic mass is 9.84. The summed E-state index contributed by atoms with van der Waals surface area (Å²) in [5, 5.41) is 3.21. The fourth-order valence-electron chi connectivity index (χ4n) is 4.23. The van der Waals surface area contributed by atoms with Gasteiger partial charge in [0.05, 0.1) is 5.56 Å². The first kappa shape index (κ1) is 14.4. The number of nitrogens with zero attached hydrogens (tertiary/aromatic N) is 2. The van der Waals surface area contributed by atoms with Gasteiger partial charge in [-0.05, 0) is 56.1 Å². The molecule has 4 unspecified atom stereocenters. The van der Waals surface area contributed by atoms with Crippen molar-refractivity contribution in [2.45, 2.75) is 38.6 Å². The molecular formula is C17H25N3O. The van der Waals surface area contributed by atoms with Crippen molar-refractivity contribution in [3.8, 4) is 0 Å². The maximum absolute atomic E-state index is 12.6. The van der Waals surface area contributed by atoms with Crippen LogP contribution >= 0.6 is 0 Å². The van der Waals surface area contributed by atoms with Gasteiger partial charge in [-0.15, -0.1) is 0 Å². The predicted octanol–water partition coefficient (Wildman–Crippen LogP) is 2.70. The number of aromatic nitrogens is 1. The maximum Gasteiger partial charge on any atom is 0.255 e. The molecule has 4 nitrogen and oxygen atoms in total. The lowest BCUT2D eigenvalue weighted by Gasteiger charge is -2.29. The van der Waals surface area contributed by atoms with E-state index in [0.717, 1.165) is 17.7 Å². The zero-order valence-corrected chi connectivity index (χ0v) is 13.2. The van der Waals surface area contributed by atoms with Gasteiger partial charge in [0.15, 0.2) is 0 Å². The monoisotopic (exact) mass is 287 g/mol. The van der Waals surface area contributed by atoms with Gasteiger partial charge in [0, 0.05) is 26.3 Å². The standard InChI is InChI=1S/C17H25N3O/c1-11(15-10-12-6-7-13(15)9-12)19-17(21)14-5-4-8-18-16(14)20(2)3/h4-5,8,11-13,15H,6-7,9-10H2,1-3H3,(H,19,21). The van der Waals surface area contributed by atoms with Gasteiger partial charge < -0.3 is 10.2 Å². The van der Waals surface area contributed by atoms with Crippen molar-refractivity contribution in [2.24, 2.45) is 17.8 Å². The second kappa shape index (κ2) is 5.66. The van der Waals surface area contributed by atoms with Gasteiger partial charge in [-0.3, -0.25) is 4.79 Å². The van der Waals surface area contributed by atoms with E-state index in [-0.39, 0.29) is 11.9 Å². The number of hydrogen-bond acceptors (Lipinski definition) is 3. The van der Waals surface area contributed by atoms with Crippen LogP contribution in [0.4, 0.5) is 5.82 Å². The van der Waals surface area contributed by atoms with Crippen LogP contribution in [-0.2, 0) is 0 Å². The van der Waals surface area contributed by atoms with Crippen molar-refractivity contribution < 1.29 is 4.79 Å². The molecule has 1 heterocycles. The Bertz CT molecular complexity index is 529. The molecule has 2 fully saturated rings. The van der Waals surface area contributed by atoms with Gasteiger partial charge in [-0.2, -0.15) is 0 Å². The first-order valence-electron chi connectivity index (χ1n) is 7.99. The van der Waals surface area contributed by atoms with Crippen LogP contribution in [0, 0.1) is 17.8 Å². The Morgan fingerprint density at radius 1 is 1.38 bits per heavy atom. The minimum atomic E-state index is 0.00192. The normalized spacial score (nSPS) is 28.4. The highest BCUT2D eigenvalue weighted by Gasteiger charge is 2.42. The third-order valence-corrected chi connectivity index (χ3v) is 5.25. The Balaban J connectivity index is 1.69. The molecular weight excluding hydrogens is 262 g/mol. The molecule has 1 aromatic rings. The Morgan fingerprint density at radius 2 is 2.19 bits per heavy atom. The molecule has 3 rings (SSSR count). The number of pyridine rings is 1. The molecule has 21 heavy (non-hydrogen) atoms. The fourth-order valence-corrected chi connectivity index (χ4v) is 4.23. The summed E-state index contributed by atoms with van der Waals surface area (Å²) >= 11 is 0. The van der Waals surface area contributed by atoms with Crippen LogP contribution in [0.2, 0.25) is 0 Å². The number of carbonyl (C=O) groups is 1. The molecule has 1 N–H and O–H groups in total. The molecule has 2 bridgehead atoms. The minimum Gasteiger partial charge on any atom is -0.362 e. The molecule has 1 aromatic heterocycles. The molecule has 0 aliphatic heterocycles. The summed E-state index contributed by atoms with van der Waals surface area (Å²) < 4.78 is 0. The highest BCUT2D eigenvalue weighted by Crippen LogP contribution is 2.49. The minimum absolute atomic E-state index is 0.00192.